The van der Waals surface area contributed by atoms with Crippen molar-refractivity contribution in [3.8, 4) is 11.5 Å². The van der Waals surface area contributed by atoms with E-state index >= 15 is 0 Å². The fourth-order valence-corrected chi connectivity index (χ4v) is 2.68. The number of hydrogen-bond donors (Lipinski definition) is 1. The van der Waals surface area contributed by atoms with Crippen LogP contribution in [-0.4, -0.2) is 22.6 Å². The smallest absolute Gasteiger partial charge is 0.207 e. The highest BCUT2D eigenvalue weighted by molar-refractivity contribution is 7.09. The highest BCUT2D eigenvalue weighted by atomic mass is 32.1. The molecule has 1 aliphatic rings. The normalized spacial score (nSPS) is 14.3. The summed E-state index contributed by atoms with van der Waals surface area (Å²) in [4.78, 5) is 4.52. The van der Waals surface area contributed by atoms with Crippen LogP contribution in [0, 0.1) is 0 Å². The molecule has 0 radical (unpaired) electrons. The van der Waals surface area contributed by atoms with E-state index in [2.05, 4.69) is 14.7 Å². The number of anilines is 2. The lowest BCUT2D eigenvalue weighted by Crippen LogP contribution is -2.06. The summed E-state index contributed by atoms with van der Waals surface area (Å²) in [5.41, 5.74) is 0.918. The second-order valence-corrected chi connectivity index (χ2v) is 6.14. The van der Waals surface area contributed by atoms with Gasteiger partial charge in [-0.25, -0.2) is 4.98 Å². The van der Waals surface area contributed by atoms with E-state index in [9.17, 15) is 0 Å². The van der Waals surface area contributed by atoms with Gasteiger partial charge in [-0.1, -0.05) is 0 Å². The molecule has 3 rings (SSSR count). The summed E-state index contributed by atoms with van der Waals surface area (Å²) in [7, 11) is 1.64. The van der Waals surface area contributed by atoms with Crippen LogP contribution in [0.5, 0.6) is 11.5 Å². The molecule has 1 saturated carbocycles. The average molecular weight is 305 g/mol. The van der Waals surface area contributed by atoms with Crippen molar-refractivity contribution in [2.24, 2.45) is 0 Å². The molecule has 0 spiro atoms. The lowest BCUT2D eigenvalue weighted by atomic mass is 10.2. The molecule has 1 N–H and O–H groups in total. The lowest BCUT2D eigenvalue weighted by molar-refractivity contribution is 0.230. The first-order valence-corrected chi connectivity index (χ1v) is 7.88. The zero-order chi connectivity index (χ0) is 14.8. The predicted octanol–water partition coefficient (Wildman–Crippen LogP) is 3.95. The van der Waals surface area contributed by atoms with Crippen molar-refractivity contribution in [3.63, 3.8) is 0 Å². The molecule has 1 fully saturated rings. The van der Waals surface area contributed by atoms with Crippen LogP contribution in [0.2, 0.25) is 0 Å². The maximum atomic E-state index is 5.71. The summed E-state index contributed by atoms with van der Waals surface area (Å²) in [5, 5.41) is 4.09. The van der Waals surface area contributed by atoms with Gasteiger partial charge in [-0.2, -0.15) is 4.37 Å². The molecule has 0 aliphatic heterocycles. The third-order valence-electron chi connectivity index (χ3n) is 3.16. The Hall–Kier alpha value is -1.82. The maximum Gasteiger partial charge on any atom is 0.207 e. The van der Waals surface area contributed by atoms with Crippen molar-refractivity contribution in [1.82, 2.24) is 9.36 Å². The molecule has 0 atom stereocenters. The summed E-state index contributed by atoms with van der Waals surface area (Å²) < 4.78 is 15.5. The van der Waals surface area contributed by atoms with Gasteiger partial charge in [0, 0.05) is 29.2 Å². The Labute approximate surface area is 128 Å². The fraction of sp³-hybridized carbons (Fsp3) is 0.467. The molecule has 0 unspecified atom stereocenters. The number of methoxy groups -OCH3 is 1. The molecule has 6 heteroatoms. The molecule has 0 saturated heterocycles. The van der Waals surface area contributed by atoms with Gasteiger partial charge < -0.3 is 14.8 Å². The van der Waals surface area contributed by atoms with Crippen LogP contribution in [0.15, 0.2) is 18.2 Å². The highest BCUT2D eigenvalue weighted by Gasteiger charge is 2.27. The molecule has 2 aromatic rings. The number of ether oxygens (including phenoxy) is 2. The Morgan fingerprint density at radius 1 is 1.29 bits per heavy atom. The minimum atomic E-state index is 0.113. The van der Waals surface area contributed by atoms with E-state index in [-0.39, 0.29) is 6.10 Å². The van der Waals surface area contributed by atoms with Gasteiger partial charge in [-0.05, 0) is 38.8 Å². The quantitative estimate of drug-likeness (QED) is 0.875. The Morgan fingerprint density at radius 3 is 2.76 bits per heavy atom. The van der Waals surface area contributed by atoms with Gasteiger partial charge in [0.1, 0.15) is 5.82 Å². The number of nitrogens with zero attached hydrogens (tertiary/aromatic N) is 2. The van der Waals surface area contributed by atoms with E-state index in [1.54, 1.807) is 7.11 Å². The summed E-state index contributed by atoms with van der Waals surface area (Å²) in [6.07, 6.45) is 2.54. The van der Waals surface area contributed by atoms with E-state index < -0.39 is 0 Å². The highest BCUT2D eigenvalue weighted by Crippen LogP contribution is 2.40. The van der Waals surface area contributed by atoms with E-state index in [0.29, 0.717) is 11.7 Å². The van der Waals surface area contributed by atoms with Gasteiger partial charge in [-0.15, -0.1) is 0 Å². The third kappa shape index (κ3) is 3.44. The molecular weight excluding hydrogens is 286 g/mol. The lowest BCUT2D eigenvalue weighted by Gasteiger charge is -2.14. The molecule has 1 heterocycles. The number of nitrogens with one attached hydrogen (secondary N) is 1. The zero-order valence-corrected chi connectivity index (χ0v) is 13.2. The van der Waals surface area contributed by atoms with Crippen molar-refractivity contribution in [3.05, 3.63) is 24.0 Å². The minimum absolute atomic E-state index is 0.113. The fourth-order valence-electron chi connectivity index (χ4n) is 2.01. The van der Waals surface area contributed by atoms with Crippen molar-refractivity contribution in [2.75, 3.05) is 12.4 Å². The Balaban J connectivity index is 1.74. The zero-order valence-electron chi connectivity index (χ0n) is 12.4. The monoisotopic (exact) mass is 305 g/mol. The van der Waals surface area contributed by atoms with Crippen LogP contribution >= 0.6 is 11.5 Å². The third-order valence-corrected chi connectivity index (χ3v) is 3.81. The van der Waals surface area contributed by atoms with Gasteiger partial charge >= 0.3 is 0 Å². The SMILES string of the molecule is COc1cc(Nc2nc(C3CC3)ns2)ccc1OC(C)C. The summed E-state index contributed by atoms with van der Waals surface area (Å²) in [5.74, 6) is 3.00. The first-order chi connectivity index (χ1) is 10.2. The van der Waals surface area contributed by atoms with Crippen LogP contribution in [0.1, 0.15) is 38.4 Å². The van der Waals surface area contributed by atoms with Crippen molar-refractivity contribution in [2.45, 2.75) is 38.7 Å². The van der Waals surface area contributed by atoms with Crippen molar-refractivity contribution < 1.29 is 9.47 Å². The van der Waals surface area contributed by atoms with Crippen LogP contribution < -0.4 is 14.8 Å². The van der Waals surface area contributed by atoms with Crippen molar-refractivity contribution >= 4 is 22.4 Å². The van der Waals surface area contributed by atoms with E-state index in [4.69, 9.17) is 9.47 Å². The number of hydrogen-bond acceptors (Lipinski definition) is 6. The molecule has 112 valence electrons. The molecule has 5 nitrogen and oxygen atoms in total. The molecule has 21 heavy (non-hydrogen) atoms. The van der Waals surface area contributed by atoms with Crippen LogP contribution in [0.3, 0.4) is 0 Å². The summed E-state index contributed by atoms with van der Waals surface area (Å²) >= 11 is 1.40. The summed E-state index contributed by atoms with van der Waals surface area (Å²) in [6, 6.07) is 5.78. The Kier molecular flexibility index (Phi) is 3.96. The van der Waals surface area contributed by atoms with Gasteiger partial charge in [0.15, 0.2) is 11.5 Å². The average Bonchev–Trinajstić information content (AvgIpc) is 3.21. The minimum Gasteiger partial charge on any atom is -0.493 e. The molecule has 1 aromatic carbocycles. The molecule has 0 amide bonds. The topological polar surface area (TPSA) is 56.3 Å². The molecule has 1 aromatic heterocycles. The second kappa shape index (κ2) is 5.89. The standard InChI is InChI=1S/C15H19N3O2S/c1-9(2)20-12-7-6-11(8-13(12)19-3)16-15-17-14(18-21-15)10-4-5-10/h6-10H,4-5H2,1-3H3,(H,16,17,18). The van der Waals surface area contributed by atoms with Gasteiger partial charge in [0.05, 0.1) is 13.2 Å². The number of benzene rings is 1. The number of aromatic nitrogens is 2. The van der Waals surface area contributed by atoms with Gasteiger partial charge in [0.25, 0.3) is 0 Å². The number of rotatable bonds is 6. The summed E-state index contributed by atoms with van der Waals surface area (Å²) in [6.45, 7) is 3.98. The molecule has 1 aliphatic carbocycles. The largest absolute Gasteiger partial charge is 0.493 e. The van der Waals surface area contributed by atoms with Crippen LogP contribution in [-0.2, 0) is 0 Å². The maximum absolute atomic E-state index is 5.71. The first kappa shape index (κ1) is 14.1. The van der Waals surface area contributed by atoms with Gasteiger partial charge in [0.2, 0.25) is 5.13 Å². The molecule has 0 bridgehead atoms. The van der Waals surface area contributed by atoms with Crippen LogP contribution in [0.4, 0.5) is 10.8 Å². The second-order valence-electron chi connectivity index (χ2n) is 5.39. The Bertz CT molecular complexity index is 623. The van der Waals surface area contributed by atoms with Crippen molar-refractivity contribution in [1.29, 1.82) is 0 Å². The van der Waals surface area contributed by atoms with Gasteiger partial charge in [-0.3, -0.25) is 0 Å². The first-order valence-electron chi connectivity index (χ1n) is 7.11. The van der Waals surface area contributed by atoms with E-state index in [0.717, 1.165) is 22.4 Å². The Morgan fingerprint density at radius 2 is 2.10 bits per heavy atom. The van der Waals surface area contributed by atoms with Crippen LogP contribution in [0.25, 0.3) is 0 Å². The molecular formula is C15H19N3O2S. The predicted molar refractivity (Wildman–Crippen MR) is 83.9 cm³/mol. The van der Waals surface area contributed by atoms with E-state index in [1.807, 2.05) is 32.0 Å². The van der Waals surface area contributed by atoms with E-state index in [1.165, 1.54) is 24.4 Å².